The molecule has 0 radical (unpaired) electrons. The molecule has 1 atom stereocenters. The van der Waals surface area contributed by atoms with E-state index in [9.17, 15) is 20.0 Å². The minimum absolute atomic E-state index is 0.0754. The van der Waals surface area contributed by atoms with Crippen molar-refractivity contribution in [2.75, 3.05) is 13.2 Å². The third-order valence-corrected chi connectivity index (χ3v) is 3.18. The van der Waals surface area contributed by atoms with Crippen LogP contribution in [0.4, 0.5) is 5.69 Å². The molecule has 0 amide bonds. The van der Waals surface area contributed by atoms with Crippen molar-refractivity contribution >= 4 is 11.5 Å². The molecule has 21 heavy (non-hydrogen) atoms. The molecule has 1 aromatic carbocycles. The summed E-state index contributed by atoms with van der Waals surface area (Å²) in [4.78, 5) is 22.0. The predicted octanol–water partition coefficient (Wildman–Crippen LogP) is 1.74. The second-order valence-corrected chi connectivity index (χ2v) is 4.84. The third-order valence-electron chi connectivity index (χ3n) is 3.18. The molecule has 0 aromatic heterocycles. The topological polar surface area (TPSA) is 98.9 Å². The number of hydrogen-bond donors (Lipinski definition) is 1. The van der Waals surface area contributed by atoms with E-state index >= 15 is 0 Å². The zero-order chi connectivity index (χ0) is 15.2. The van der Waals surface area contributed by atoms with E-state index in [0.717, 1.165) is 6.42 Å². The zero-order valence-corrected chi connectivity index (χ0v) is 11.4. The molecule has 114 valence electrons. The Kier molecular flexibility index (Phi) is 5.38. The van der Waals surface area contributed by atoms with Crippen LogP contribution in [0, 0.1) is 10.1 Å². The van der Waals surface area contributed by atoms with E-state index in [1.54, 1.807) is 6.07 Å². The van der Waals surface area contributed by atoms with Crippen LogP contribution in [0.5, 0.6) is 0 Å². The Labute approximate surface area is 121 Å². The number of aliphatic hydroxyl groups is 1. The largest absolute Gasteiger partial charge is 0.388 e. The normalized spacial score (nSPS) is 17.4. The van der Waals surface area contributed by atoms with Gasteiger partial charge in [-0.3, -0.25) is 14.9 Å². The van der Waals surface area contributed by atoms with Crippen molar-refractivity contribution in [2.45, 2.75) is 31.7 Å². The van der Waals surface area contributed by atoms with Gasteiger partial charge < -0.3 is 14.6 Å². The van der Waals surface area contributed by atoms with Crippen LogP contribution in [0.15, 0.2) is 24.3 Å². The summed E-state index contributed by atoms with van der Waals surface area (Å²) in [7, 11) is 0. The summed E-state index contributed by atoms with van der Waals surface area (Å²) in [6, 6.07) is 5.64. The van der Waals surface area contributed by atoms with Crippen molar-refractivity contribution in [1.82, 2.24) is 0 Å². The first-order valence-corrected chi connectivity index (χ1v) is 6.73. The van der Waals surface area contributed by atoms with Crippen LogP contribution in [0.3, 0.4) is 0 Å². The number of Topliss-reactive ketones (excluding diaryl/α,β-unsaturated/α-hetero) is 1. The highest BCUT2D eigenvalue weighted by Crippen LogP contribution is 2.23. The maximum Gasteiger partial charge on any atom is 0.269 e. The fourth-order valence-electron chi connectivity index (χ4n) is 2.10. The molecule has 2 rings (SSSR count). The van der Waals surface area contributed by atoms with Gasteiger partial charge in [-0.2, -0.15) is 0 Å². The zero-order valence-electron chi connectivity index (χ0n) is 11.4. The van der Waals surface area contributed by atoms with Gasteiger partial charge in [0.2, 0.25) is 0 Å². The van der Waals surface area contributed by atoms with Gasteiger partial charge in [-0.25, -0.2) is 0 Å². The molecule has 0 bridgehead atoms. The number of ether oxygens (including phenoxy) is 2. The Bertz CT molecular complexity index is 512. The van der Waals surface area contributed by atoms with Crippen LogP contribution in [0.25, 0.3) is 0 Å². The molecule has 1 saturated heterocycles. The average molecular weight is 295 g/mol. The molecule has 1 aliphatic rings. The van der Waals surface area contributed by atoms with E-state index in [4.69, 9.17) is 9.47 Å². The second-order valence-electron chi connectivity index (χ2n) is 4.84. The predicted molar refractivity (Wildman–Crippen MR) is 72.6 cm³/mol. The first kappa shape index (κ1) is 15.6. The van der Waals surface area contributed by atoms with Crippen molar-refractivity contribution in [2.24, 2.45) is 0 Å². The number of nitro benzene ring substituents is 1. The first-order chi connectivity index (χ1) is 10.1. The van der Waals surface area contributed by atoms with Gasteiger partial charge in [0.25, 0.3) is 5.69 Å². The van der Waals surface area contributed by atoms with Gasteiger partial charge in [0.05, 0.1) is 30.7 Å². The minimum Gasteiger partial charge on any atom is -0.388 e. The van der Waals surface area contributed by atoms with Gasteiger partial charge in [0.15, 0.2) is 6.29 Å². The highest BCUT2D eigenvalue weighted by Gasteiger charge is 2.21. The number of ketones is 1. The minimum atomic E-state index is -1.07. The Morgan fingerprint density at radius 1 is 1.43 bits per heavy atom. The van der Waals surface area contributed by atoms with Gasteiger partial charge >= 0.3 is 0 Å². The maximum atomic E-state index is 11.9. The van der Waals surface area contributed by atoms with E-state index in [0.29, 0.717) is 18.8 Å². The summed E-state index contributed by atoms with van der Waals surface area (Å²) >= 11 is 0. The molecule has 1 aliphatic heterocycles. The molecule has 0 saturated carbocycles. The van der Waals surface area contributed by atoms with Crippen LogP contribution in [-0.2, 0) is 14.3 Å². The quantitative estimate of drug-likeness (QED) is 0.634. The van der Waals surface area contributed by atoms with E-state index in [2.05, 4.69) is 0 Å². The molecule has 1 heterocycles. The third kappa shape index (κ3) is 4.59. The number of carbonyl (C=O) groups is 1. The van der Waals surface area contributed by atoms with Crippen molar-refractivity contribution < 1.29 is 24.3 Å². The van der Waals surface area contributed by atoms with Crippen molar-refractivity contribution in [3.05, 3.63) is 39.9 Å². The molecule has 0 spiro atoms. The van der Waals surface area contributed by atoms with E-state index < -0.39 is 17.3 Å². The van der Waals surface area contributed by atoms with Gasteiger partial charge in [-0.1, -0.05) is 12.1 Å². The lowest BCUT2D eigenvalue weighted by Gasteiger charge is -2.22. The first-order valence-electron chi connectivity index (χ1n) is 6.73. The fraction of sp³-hybridized carbons (Fsp3) is 0.500. The fourth-order valence-corrected chi connectivity index (χ4v) is 2.10. The standard InChI is InChI=1S/C14H17NO6/c16-12(9-14-20-5-2-6-21-14)8-13(17)10-3-1-4-11(7-10)15(18)19/h1,3-4,7,13-14,17H,2,5-6,8-9H2/t13-/m0/s1. The van der Waals surface area contributed by atoms with Gasteiger partial charge in [-0.05, 0) is 12.0 Å². The number of carbonyl (C=O) groups excluding carboxylic acids is 1. The summed E-state index contributed by atoms with van der Waals surface area (Å²) in [5.74, 6) is -0.207. The highest BCUT2D eigenvalue weighted by atomic mass is 16.7. The number of non-ortho nitro benzene ring substituents is 1. The molecular weight excluding hydrogens is 278 g/mol. The summed E-state index contributed by atoms with van der Waals surface area (Å²) in [5.41, 5.74) is 0.237. The van der Waals surface area contributed by atoms with Crippen LogP contribution in [-0.4, -0.2) is 35.3 Å². The number of nitro groups is 1. The molecule has 7 nitrogen and oxygen atoms in total. The van der Waals surface area contributed by atoms with Gasteiger partial charge in [0, 0.05) is 18.6 Å². The van der Waals surface area contributed by atoms with Gasteiger partial charge in [-0.15, -0.1) is 0 Å². The highest BCUT2D eigenvalue weighted by molar-refractivity contribution is 5.79. The monoisotopic (exact) mass is 295 g/mol. The molecule has 1 fully saturated rings. The second kappa shape index (κ2) is 7.26. The number of nitrogens with zero attached hydrogens (tertiary/aromatic N) is 1. The SMILES string of the molecule is O=C(CC1OCCCO1)C[C@H](O)c1cccc([N+](=O)[O-])c1. The van der Waals surface area contributed by atoms with Crippen LogP contribution < -0.4 is 0 Å². The lowest BCUT2D eigenvalue weighted by atomic mass is 10.0. The number of hydrogen-bond acceptors (Lipinski definition) is 6. The van der Waals surface area contributed by atoms with Crippen molar-refractivity contribution in [3.8, 4) is 0 Å². The number of aliphatic hydroxyl groups excluding tert-OH is 1. The van der Waals surface area contributed by atoms with Crippen LogP contribution in [0.1, 0.15) is 30.9 Å². The van der Waals surface area contributed by atoms with E-state index in [1.807, 2.05) is 0 Å². The molecular formula is C14H17NO6. The Hall–Kier alpha value is -1.83. The maximum absolute atomic E-state index is 11.9. The summed E-state index contributed by atoms with van der Waals surface area (Å²) in [5, 5.41) is 20.7. The van der Waals surface area contributed by atoms with Crippen LogP contribution >= 0.6 is 0 Å². The molecule has 0 unspecified atom stereocenters. The lowest BCUT2D eigenvalue weighted by Crippen LogP contribution is -2.27. The molecule has 7 heteroatoms. The van der Waals surface area contributed by atoms with E-state index in [-0.39, 0.29) is 24.3 Å². The number of rotatable bonds is 6. The van der Waals surface area contributed by atoms with E-state index in [1.165, 1.54) is 18.2 Å². The Morgan fingerprint density at radius 3 is 2.81 bits per heavy atom. The summed E-state index contributed by atoms with van der Waals surface area (Å²) < 4.78 is 10.5. The van der Waals surface area contributed by atoms with Crippen molar-refractivity contribution in [1.29, 1.82) is 0 Å². The number of benzene rings is 1. The average Bonchev–Trinajstić information content (AvgIpc) is 2.48. The van der Waals surface area contributed by atoms with Crippen LogP contribution in [0.2, 0.25) is 0 Å². The Balaban J connectivity index is 1.90. The lowest BCUT2D eigenvalue weighted by molar-refractivity contribution is -0.385. The Morgan fingerprint density at radius 2 is 2.14 bits per heavy atom. The van der Waals surface area contributed by atoms with Gasteiger partial charge in [0.1, 0.15) is 5.78 Å². The molecule has 1 aromatic rings. The smallest absolute Gasteiger partial charge is 0.269 e. The molecule has 1 N–H and O–H groups in total. The van der Waals surface area contributed by atoms with Crippen molar-refractivity contribution in [3.63, 3.8) is 0 Å². The summed E-state index contributed by atoms with van der Waals surface area (Å²) in [6.07, 6.45) is -0.860. The molecule has 0 aliphatic carbocycles. The summed E-state index contributed by atoms with van der Waals surface area (Å²) in [6.45, 7) is 1.12.